The molecule has 5 nitrogen and oxygen atoms in total. The molecular weight excluding hydrogens is 444 g/mol. The number of piperidine rings is 1. The van der Waals surface area contributed by atoms with Gasteiger partial charge in [-0.25, -0.2) is 0 Å². The van der Waals surface area contributed by atoms with Gasteiger partial charge in [0.05, 0.1) is 18.2 Å². The van der Waals surface area contributed by atoms with Crippen molar-refractivity contribution in [1.82, 2.24) is 10.2 Å². The molecule has 2 aromatic carbocycles. The van der Waals surface area contributed by atoms with Gasteiger partial charge in [0.15, 0.2) is 11.5 Å². The van der Waals surface area contributed by atoms with Crippen molar-refractivity contribution in [1.29, 1.82) is 0 Å². The molecule has 3 rings (SSSR count). The number of rotatable bonds is 9. The normalized spacial score (nSPS) is 16.8. The average molecular weight is 475 g/mol. The minimum absolute atomic E-state index is 0.0868. The number of nitrogens with one attached hydrogen (secondary N) is 1. The van der Waals surface area contributed by atoms with E-state index in [9.17, 15) is 4.79 Å². The van der Waals surface area contributed by atoms with Gasteiger partial charge in [-0.3, -0.25) is 9.69 Å². The topological polar surface area (TPSA) is 50.8 Å². The Balaban J connectivity index is 1.56. The maximum absolute atomic E-state index is 12.8. The highest BCUT2D eigenvalue weighted by Crippen LogP contribution is 2.36. The Morgan fingerprint density at radius 2 is 2.07 bits per heavy atom. The number of nitrogens with zero attached hydrogens (tertiary/aromatic N) is 1. The van der Waals surface area contributed by atoms with Gasteiger partial charge in [-0.05, 0) is 65.4 Å². The second-order valence-electron chi connectivity index (χ2n) is 7.78. The summed E-state index contributed by atoms with van der Waals surface area (Å²) in [5, 5.41) is 3.11. The molecule has 30 heavy (non-hydrogen) atoms. The van der Waals surface area contributed by atoms with Gasteiger partial charge in [0, 0.05) is 25.2 Å². The van der Waals surface area contributed by atoms with Crippen LogP contribution in [0.4, 0.5) is 0 Å². The van der Waals surface area contributed by atoms with Crippen LogP contribution in [0.3, 0.4) is 0 Å². The number of ether oxygens (including phenoxy) is 2. The van der Waals surface area contributed by atoms with Crippen LogP contribution >= 0.6 is 15.9 Å². The summed E-state index contributed by atoms with van der Waals surface area (Å²) < 4.78 is 11.9. The molecule has 0 spiro atoms. The molecule has 0 saturated carbocycles. The third-order valence-corrected chi connectivity index (χ3v) is 5.93. The molecule has 1 aliphatic rings. The number of methoxy groups -OCH3 is 1. The first-order valence-electron chi connectivity index (χ1n) is 10.7. The van der Waals surface area contributed by atoms with Gasteiger partial charge in [0.2, 0.25) is 0 Å². The second kappa shape index (κ2) is 11.4. The number of hydrogen-bond donors (Lipinski definition) is 1. The van der Waals surface area contributed by atoms with Crippen LogP contribution in [0.1, 0.15) is 42.1 Å². The summed E-state index contributed by atoms with van der Waals surface area (Å²) in [6.07, 6.45) is 3.21. The largest absolute Gasteiger partial charge is 0.493 e. The van der Waals surface area contributed by atoms with Crippen LogP contribution in [-0.2, 0) is 6.54 Å². The van der Waals surface area contributed by atoms with Crippen LogP contribution in [0.25, 0.3) is 0 Å². The molecule has 1 atom stereocenters. The highest BCUT2D eigenvalue weighted by molar-refractivity contribution is 9.10. The Morgan fingerprint density at radius 1 is 1.27 bits per heavy atom. The van der Waals surface area contributed by atoms with E-state index in [0.717, 1.165) is 43.4 Å². The number of benzene rings is 2. The molecular formula is C24H31BrN2O3. The molecule has 1 aliphatic heterocycles. The third kappa shape index (κ3) is 6.22. The van der Waals surface area contributed by atoms with Crippen LogP contribution < -0.4 is 14.8 Å². The van der Waals surface area contributed by atoms with Crippen molar-refractivity contribution in [3.63, 3.8) is 0 Å². The van der Waals surface area contributed by atoms with Crippen LogP contribution in [0.15, 0.2) is 46.9 Å². The Labute approximate surface area is 187 Å². The molecule has 1 amide bonds. The third-order valence-electron chi connectivity index (χ3n) is 5.35. The molecule has 2 aromatic rings. The minimum atomic E-state index is -0.0868. The van der Waals surface area contributed by atoms with Gasteiger partial charge in [0.1, 0.15) is 0 Å². The number of amides is 1. The van der Waals surface area contributed by atoms with Crippen molar-refractivity contribution in [3.05, 3.63) is 58.1 Å². The van der Waals surface area contributed by atoms with Crippen molar-refractivity contribution >= 4 is 21.8 Å². The van der Waals surface area contributed by atoms with E-state index in [0.29, 0.717) is 36.1 Å². The van der Waals surface area contributed by atoms with Crippen LogP contribution in [0, 0.1) is 5.92 Å². The Bertz CT molecular complexity index is 829. The summed E-state index contributed by atoms with van der Waals surface area (Å²) in [6.45, 7) is 6.41. The van der Waals surface area contributed by atoms with E-state index >= 15 is 0 Å². The van der Waals surface area contributed by atoms with Crippen molar-refractivity contribution < 1.29 is 14.3 Å². The number of carbonyl (C=O) groups is 1. The zero-order valence-corrected chi connectivity index (χ0v) is 19.4. The Hall–Kier alpha value is -2.05. The fourth-order valence-corrected chi connectivity index (χ4v) is 4.39. The molecule has 1 unspecified atom stereocenters. The summed E-state index contributed by atoms with van der Waals surface area (Å²) in [7, 11) is 1.59. The van der Waals surface area contributed by atoms with Crippen molar-refractivity contribution in [2.45, 2.75) is 32.7 Å². The van der Waals surface area contributed by atoms with Gasteiger partial charge < -0.3 is 14.8 Å². The minimum Gasteiger partial charge on any atom is -0.493 e. The van der Waals surface area contributed by atoms with Gasteiger partial charge in [0.25, 0.3) is 5.91 Å². The van der Waals surface area contributed by atoms with E-state index in [1.807, 2.05) is 6.07 Å². The first-order valence-corrected chi connectivity index (χ1v) is 11.4. The van der Waals surface area contributed by atoms with Gasteiger partial charge >= 0.3 is 0 Å². The average Bonchev–Trinajstić information content (AvgIpc) is 2.77. The van der Waals surface area contributed by atoms with Crippen molar-refractivity contribution in [2.75, 3.05) is 33.4 Å². The lowest BCUT2D eigenvalue weighted by Crippen LogP contribution is -2.40. The molecule has 1 heterocycles. The summed E-state index contributed by atoms with van der Waals surface area (Å²) >= 11 is 3.51. The van der Waals surface area contributed by atoms with E-state index in [-0.39, 0.29) is 5.91 Å². The van der Waals surface area contributed by atoms with Gasteiger partial charge in [-0.1, -0.05) is 37.3 Å². The molecule has 162 valence electrons. The maximum atomic E-state index is 12.8. The molecule has 0 aliphatic carbocycles. The standard InChI is InChI=1S/C24H31BrN2O3/c1-3-12-30-23-21(25)13-20(14-22(23)29-2)24(28)26-15-19-10-7-11-27(17-19)16-18-8-5-4-6-9-18/h4-6,8-9,13-14,19H,3,7,10-12,15-17H2,1-2H3,(H,26,28). The fourth-order valence-electron chi connectivity index (χ4n) is 3.84. The van der Waals surface area contributed by atoms with Gasteiger partial charge in [-0.15, -0.1) is 0 Å². The highest BCUT2D eigenvalue weighted by atomic mass is 79.9. The lowest BCUT2D eigenvalue weighted by molar-refractivity contribution is 0.0930. The van der Waals surface area contributed by atoms with E-state index < -0.39 is 0 Å². The molecule has 0 aromatic heterocycles. The molecule has 1 saturated heterocycles. The molecule has 0 radical (unpaired) electrons. The van der Waals surface area contributed by atoms with E-state index in [2.05, 4.69) is 57.3 Å². The molecule has 0 bridgehead atoms. The predicted molar refractivity (Wildman–Crippen MR) is 123 cm³/mol. The summed E-state index contributed by atoms with van der Waals surface area (Å²) in [5.41, 5.74) is 1.91. The maximum Gasteiger partial charge on any atom is 0.251 e. The van der Waals surface area contributed by atoms with Gasteiger partial charge in [-0.2, -0.15) is 0 Å². The van der Waals surface area contributed by atoms with Crippen LogP contribution in [0.5, 0.6) is 11.5 Å². The lowest BCUT2D eigenvalue weighted by atomic mass is 9.97. The number of hydrogen-bond acceptors (Lipinski definition) is 4. The van der Waals surface area contributed by atoms with Crippen LogP contribution in [0.2, 0.25) is 0 Å². The SMILES string of the molecule is CCCOc1c(Br)cc(C(=O)NCC2CCCN(Cc3ccccc3)C2)cc1OC. The first kappa shape index (κ1) is 22.6. The fraction of sp³-hybridized carbons (Fsp3) is 0.458. The van der Waals surface area contributed by atoms with E-state index in [1.165, 1.54) is 5.56 Å². The smallest absolute Gasteiger partial charge is 0.251 e. The molecule has 1 N–H and O–H groups in total. The zero-order valence-electron chi connectivity index (χ0n) is 17.8. The quantitative estimate of drug-likeness (QED) is 0.561. The van der Waals surface area contributed by atoms with E-state index in [4.69, 9.17) is 9.47 Å². The van der Waals surface area contributed by atoms with Crippen molar-refractivity contribution in [3.8, 4) is 11.5 Å². The number of halogens is 1. The molecule has 1 fully saturated rings. The summed E-state index contributed by atoms with van der Waals surface area (Å²) in [6, 6.07) is 14.1. The van der Waals surface area contributed by atoms with Crippen molar-refractivity contribution in [2.24, 2.45) is 5.92 Å². The van der Waals surface area contributed by atoms with Crippen LogP contribution in [-0.4, -0.2) is 44.2 Å². The number of likely N-dealkylation sites (tertiary alicyclic amines) is 1. The Morgan fingerprint density at radius 3 is 2.80 bits per heavy atom. The highest BCUT2D eigenvalue weighted by Gasteiger charge is 2.21. The number of carbonyl (C=O) groups excluding carboxylic acids is 1. The van der Waals surface area contributed by atoms with E-state index in [1.54, 1.807) is 19.2 Å². The summed E-state index contributed by atoms with van der Waals surface area (Å²) in [4.78, 5) is 15.2. The zero-order chi connectivity index (χ0) is 21.3. The first-order chi connectivity index (χ1) is 14.6. The summed E-state index contributed by atoms with van der Waals surface area (Å²) in [5.74, 6) is 1.58. The lowest BCUT2D eigenvalue weighted by Gasteiger charge is -2.32. The predicted octanol–water partition coefficient (Wildman–Crippen LogP) is 4.89. The second-order valence-corrected chi connectivity index (χ2v) is 8.63. The Kier molecular flexibility index (Phi) is 8.58. The monoisotopic (exact) mass is 474 g/mol. The molecule has 6 heteroatoms.